The topological polar surface area (TPSA) is 73.6 Å². The molecule has 0 bridgehead atoms. The van der Waals surface area contributed by atoms with Gasteiger partial charge in [-0.15, -0.1) is 12.4 Å². The summed E-state index contributed by atoms with van der Waals surface area (Å²) in [4.78, 5) is 12.0. The van der Waals surface area contributed by atoms with Gasteiger partial charge >= 0.3 is 0 Å². The Morgan fingerprint density at radius 3 is 2.74 bits per heavy atom. The molecule has 1 aliphatic rings. The Morgan fingerprint density at radius 2 is 2.13 bits per heavy atom. The lowest BCUT2D eigenvalue weighted by atomic mass is 10.00. The van der Waals surface area contributed by atoms with Crippen LogP contribution in [0.3, 0.4) is 0 Å². The molecular formula is C17H27ClN2O3. The number of halogens is 1. The first-order valence-electron chi connectivity index (χ1n) is 7.96. The predicted octanol–water partition coefficient (Wildman–Crippen LogP) is 2.65. The van der Waals surface area contributed by atoms with E-state index in [1.54, 1.807) is 7.11 Å². The Labute approximate surface area is 144 Å². The zero-order chi connectivity index (χ0) is 15.9. The average Bonchev–Trinajstić information content (AvgIpc) is 2.91. The number of ether oxygens (including phenoxy) is 2. The molecule has 0 spiro atoms. The van der Waals surface area contributed by atoms with E-state index >= 15 is 0 Å². The fourth-order valence-electron chi connectivity index (χ4n) is 2.93. The summed E-state index contributed by atoms with van der Waals surface area (Å²) in [6.45, 7) is 3.00. The Bertz CT molecular complexity index is 511. The minimum absolute atomic E-state index is 0. The summed E-state index contributed by atoms with van der Waals surface area (Å²) in [6.07, 6.45) is 3.75. The zero-order valence-electron chi connectivity index (χ0n) is 13.8. The van der Waals surface area contributed by atoms with Gasteiger partial charge in [0, 0.05) is 19.0 Å². The zero-order valence-corrected chi connectivity index (χ0v) is 14.7. The van der Waals surface area contributed by atoms with E-state index < -0.39 is 0 Å². The van der Waals surface area contributed by atoms with Crippen LogP contribution >= 0.6 is 12.4 Å². The van der Waals surface area contributed by atoms with Crippen LogP contribution in [0.15, 0.2) is 18.2 Å². The van der Waals surface area contributed by atoms with Gasteiger partial charge in [0.25, 0.3) is 0 Å². The van der Waals surface area contributed by atoms with E-state index in [1.165, 1.54) is 0 Å². The molecule has 130 valence electrons. The first-order valence-corrected chi connectivity index (χ1v) is 7.96. The van der Waals surface area contributed by atoms with E-state index in [2.05, 4.69) is 5.32 Å². The minimum Gasteiger partial charge on any atom is -0.493 e. The van der Waals surface area contributed by atoms with Crippen molar-refractivity contribution in [2.75, 3.05) is 13.7 Å². The van der Waals surface area contributed by atoms with Crippen LogP contribution in [0.2, 0.25) is 0 Å². The number of carbonyl (C=O) groups excluding carboxylic acids is 1. The Kier molecular flexibility index (Phi) is 8.20. The van der Waals surface area contributed by atoms with Gasteiger partial charge in [-0.1, -0.05) is 12.5 Å². The van der Waals surface area contributed by atoms with Gasteiger partial charge in [0.05, 0.1) is 13.7 Å². The molecule has 2 atom stereocenters. The van der Waals surface area contributed by atoms with E-state index in [0.29, 0.717) is 37.0 Å². The lowest BCUT2D eigenvalue weighted by Gasteiger charge is -2.15. The van der Waals surface area contributed by atoms with Crippen molar-refractivity contribution < 1.29 is 14.3 Å². The maximum Gasteiger partial charge on any atom is 0.220 e. The highest BCUT2D eigenvalue weighted by atomic mass is 35.5. The Morgan fingerprint density at radius 1 is 1.35 bits per heavy atom. The van der Waals surface area contributed by atoms with Gasteiger partial charge in [0.1, 0.15) is 0 Å². The van der Waals surface area contributed by atoms with Crippen LogP contribution in [0.4, 0.5) is 0 Å². The number of hydrogen-bond acceptors (Lipinski definition) is 4. The highest BCUT2D eigenvalue weighted by Gasteiger charge is 2.25. The predicted molar refractivity (Wildman–Crippen MR) is 93.2 cm³/mol. The molecule has 1 aromatic rings. The number of methoxy groups -OCH3 is 1. The Balaban J connectivity index is 0.00000264. The molecule has 1 aromatic carbocycles. The molecule has 0 radical (unpaired) electrons. The standard InChI is InChI=1S/C17H26N2O3.ClH/c1-3-22-16-9-12(7-8-15(16)21-2)11-19-17(20)10-13-5-4-6-14(13)18;/h7-9,13-14H,3-6,10-11,18H2,1-2H3,(H,19,20);1H/t13-,14+;/m0./s1. The summed E-state index contributed by atoms with van der Waals surface area (Å²) < 4.78 is 10.8. The van der Waals surface area contributed by atoms with E-state index in [1.807, 2.05) is 25.1 Å². The molecule has 1 fully saturated rings. The van der Waals surface area contributed by atoms with Gasteiger partial charge in [-0.05, 0) is 43.4 Å². The van der Waals surface area contributed by atoms with Gasteiger partial charge in [0.15, 0.2) is 11.5 Å². The van der Waals surface area contributed by atoms with Gasteiger partial charge < -0.3 is 20.5 Å². The SMILES string of the molecule is CCOc1cc(CNC(=O)C[C@@H]2CCC[C@H]2N)ccc1OC.Cl. The molecule has 1 amide bonds. The van der Waals surface area contributed by atoms with Crippen LogP contribution in [0.25, 0.3) is 0 Å². The first kappa shape index (κ1) is 19.6. The van der Waals surface area contributed by atoms with Crippen molar-refractivity contribution >= 4 is 18.3 Å². The van der Waals surface area contributed by atoms with Crippen molar-refractivity contribution in [1.82, 2.24) is 5.32 Å². The largest absolute Gasteiger partial charge is 0.493 e. The summed E-state index contributed by atoms with van der Waals surface area (Å²) in [6, 6.07) is 5.88. The smallest absolute Gasteiger partial charge is 0.220 e. The Hall–Kier alpha value is -1.46. The van der Waals surface area contributed by atoms with Crippen LogP contribution in [0.5, 0.6) is 11.5 Å². The maximum absolute atomic E-state index is 12.0. The number of benzene rings is 1. The first-order chi connectivity index (χ1) is 10.6. The molecule has 0 aliphatic heterocycles. The number of hydrogen-bond donors (Lipinski definition) is 2. The maximum atomic E-state index is 12.0. The second-order valence-electron chi connectivity index (χ2n) is 5.75. The third-order valence-corrected chi connectivity index (χ3v) is 4.18. The summed E-state index contributed by atoms with van der Waals surface area (Å²) >= 11 is 0. The van der Waals surface area contributed by atoms with Gasteiger partial charge in [-0.2, -0.15) is 0 Å². The van der Waals surface area contributed by atoms with Gasteiger partial charge in [0.2, 0.25) is 5.91 Å². The van der Waals surface area contributed by atoms with Crippen molar-refractivity contribution in [2.24, 2.45) is 11.7 Å². The lowest BCUT2D eigenvalue weighted by Crippen LogP contribution is -2.31. The van der Waals surface area contributed by atoms with E-state index in [4.69, 9.17) is 15.2 Å². The fourth-order valence-corrected chi connectivity index (χ4v) is 2.93. The van der Waals surface area contributed by atoms with Crippen LogP contribution < -0.4 is 20.5 Å². The van der Waals surface area contributed by atoms with E-state index in [9.17, 15) is 4.79 Å². The van der Waals surface area contributed by atoms with Gasteiger partial charge in [-0.3, -0.25) is 4.79 Å². The molecule has 0 aromatic heterocycles. The molecule has 5 nitrogen and oxygen atoms in total. The molecule has 0 saturated heterocycles. The molecule has 23 heavy (non-hydrogen) atoms. The third kappa shape index (κ3) is 5.59. The molecule has 0 unspecified atom stereocenters. The van der Waals surface area contributed by atoms with Crippen LogP contribution in [-0.4, -0.2) is 25.7 Å². The lowest BCUT2D eigenvalue weighted by molar-refractivity contribution is -0.122. The third-order valence-electron chi connectivity index (χ3n) is 4.18. The average molecular weight is 343 g/mol. The van der Waals surface area contributed by atoms with Gasteiger partial charge in [-0.25, -0.2) is 0 Å². The molecule has 1 aliphatic carbocycles. The summed E-state index contributed by atoms with van der Waals surface area (Å²) in [5, 5.41) is 2.96. The molecular weight excluding hydrogens is 316 g/mol. The van der Waals surface area contributed by atoms with E-state index in [-0.39, 0.29) is 24.4 Å². The number of carbonyl (C=O) groups is 1. The second kappa shape index (κ2) is 9.63. The van der Waals surface area contributed by atoms with Crippen molar-refractivity contribution in [1.29, 1.82) is 0 Å². The molecule has 3 N–H and O–H groups in total. The summed E-state index contributed by atoms with van der Waals surface area (Å²) in [7, 11) is 1.62. The fraction of sp³-hybridized carbons (Fsp3) is 0.588. The number of rotatable bonds is 7. The van der Waals surface area contributed by atoms with Crippen molar-refractivity contribution in [3.05, 3.63) is 23.8 Å². The molecule has 6 heteroatoms. The highest BCUT2D eigenvalue weighted by Crippen LogP contribution is 2.28. The second-order valence-corrected chi connectivity index (χ2v) is 5.75. The molecule has 0 heterocycles. The summed E-state index contributed by atoms with van der Waals surface area (Å²) in [5.74, 6) is 1.80. The molecule has 1 saturated carbocycles. The monoisotopic (exact) mass is 342 g/mol. The number of nitrogens with one attached hydrogen (secondary N) is 1. The minimum atomic E-state index is 0. The highest BCUT2D eigenvalue weighted by molar-refractivity contribution is 5.85. The summed E-state index contributed by atoms with van der Waals surface area (Å²) in [5.41, 5.74) is 7.00. The normalized spacial score (nSPS) is 19.8. The number of amides is 1. The number of nitrogens with two attached hydrogens (primary N) is 1. The van der Waals surface area contributed by atoms with Crippen molar-refractivity contribution in [3.8, 4) is 11.5 Å². The quantitative estimate of drug-likeness (QED) is 0.799. The van der Waals surface area contributed by atoms with E-state index in [0.717, 1.165) is 24.8 Å². The molecule has 2 rings (SSSR count). The van der Waals surface area contributed by atoms with Crippen LogP contribution in [-0.2, 0) is 11.3 Å². The van der Waals surface area contributed by atoms with Crippen molar-refractivity contribution in [2.45, 2.75) is 45.2 Å². The van der Waals surface area contributed by atoms with Crippen LogP contribution in [0, 0.1) is 5.92 Å². The van der Waals surface area contributed by atoms with Crippen molar-refractivity contribution in [3.63, 3.8) is 0 Å². The van der Waals surface area contributed by atoms with Crippen LogP contribution in [0.1, 0.15) is 38.2 Å².